The van der Waals surface area contributed by atoms with Gasteiger partial charge in [0, 0.05) is 44.0 Å². The highest BCUT2D eigenvalue weighted by atomic mass is 19.1. The van der Waals surface area contributed by atoms with Gasteiger partial charge < -0.3 is 14.5 Å². The Morgan fingerprint density at radius 2 is 1.97 bits per heavy atom. The molecule has 0 atom stereocenters. The van der Waals surface area contributed by atoms with Crippen LogP contribution in [0.25, 0.3) is 0 Å². The van der Waals surface area contributed by atoms with Crippen molar-refractivity contribution in [3.63, 3.8) is 0 Å². The van der Waals surface area contributed by atoms with Crippen LogP contribution in [0.4, 0.5) is 20.7 Å². The van der Waals surface area contributed by atoms with Crippen LogP contribution in [0.15, 0.2) is 36.7 Å². The van der Waals surface area contributed by atoms with Gasteiger partial charge in [0.15, 0.2) is 5.82 Å². The number of aromatic nitrogens is 4. The summed E-state index contributed by atoms with van der Waals surface area (Å²) in [5, 5.41) is 12.9. The molecule has 9 nitrogen and oxygen atoms in total. The van der Waals surface area contributed by atoms with Gasteiger partial charge in [0.05, 0.1) is 31.1 Å². The number of amides is 2. The minimum absolute atomic E-state index is 0.0322. The fourth-order valence-electron chi connectivity index (χ4n) is 5.18. The predicted molar refractivity (Wildman–Crippen MR) is 134 cm³/mol. The van der Waals surface area contributed by atoms with E-state index in [4.69, 9.17) is 4.74 Å². The molecule has 2 aromatic heterocycles. The maximum atomic E-state index is 14.5. The van der Waals surface area contributed by atoms with Crippen LogP contribution in [-0.2, 0) is 20.1 Å². The van der Waals surface area contributed by atoms with Crippen LogP contribution in [0.1, 0.15) is 43.5 Å². The molecule has 190 valence electrons. The van der Waals surface area contributed by atoms with Crippen molar-refractivity contribution in [1.82, 2.24) is 24.9 Å². The van der Waals surface area contributed by atoms with Crippen molar-refractivity contribution in [1.29, 1.82) is 0 Å². The molecule has 1 fully saturated rings. The van der Waals surface area contributed by atoms with Crippen molar-refractivity contribution in [2.45, 2.75) is 58.8 Å². The molecule has 0 unspecified atom stereocenters. The van der Waals surface area contributed by atoms with E-state index in [1.54, 1.807) is 27.9 Å². The van der Waals surface area contributed by atoms with Gasteiger partial charge >= 0.3 is 6.03 Å². The van der Waals surface area contributed by atoms with Crippen molar-refractivity contribution < 1.29 is 13.9 Å². The summed E-state index contributed by atoms with van der Waals surface area (Å²) in [4.78, 5) is 19.5. The molecule has 3 aromatic rings. The maximum Gasteiger partial charge on any atom is 0.326 e. The zero-order valence-corrected chi connectivity index (χ0v) is 21.2. The van der Waals surface area contributed by atoms with E-state index in [1.807, 2.05) is 45.0 Å². The highest BCUT2D eigenvalue weighted by Crippen LogP contribution is 2.34. The molecular formula is C26H32FN7O2. The SMILES string of the molecule is Cc1cccc(F)c1N1CCC(N2Cc3cn(C)nc3N(Cc3nnccc3OC(C)C)C2=O)CC1. The topological polar surface area (TPSA) is 79.6 Å². The van der Waals surface area contributed by atoms with Crippen molar-refractivity contribution in [3.05, 3.63) is 59.3 Å². The molecule has 1 saturated heterocycles. The van der Waals surface area contributed by atoms with Crippen LogP contribution in [0, 0.1) is 12.7 Å². The number of urea groups is 1. The smallest absolute Gasteiger partial charge is 0.326 e. The molecule has 36 heavy (non-hydrogen) atoms. The van der Waals surface area contributed by atoms with Crippen molar-refractivity contribution in [3.8, 4) is 5.75 Å². The molecule has 0 spiro atoms. The Balaban J connectivity index is 1.37. The second-order valence-electron chi connectivity index (χ2n) is 9.78. The average molecular weight is 494 g/mol. The standard InChI is InChI=1S/C26H32FN7O2/c1-17(2)36-23-8-11-28-29-22(23)16-34-25-19(14-31(4)30-25)15-33(26(34)35)20-9-12-32(13-10-20)24-18(3)6-5-7-21(24)27/h5-8,11,14,17,20H,9-10,12-13,15-16H2,1-4H3. The summed E-state index contributed by atoms with van der Waals surface area (Å²) in [6.07, 6.45) is 5.03. The number of aryl methyl sites for hydroxylation is 2. The van der Waals surface area contributed by atoms with Gasteiger partial charge in [0.2, 0.25) is 0 Å². The molecule has 5 rings (SSSR count). The van der Waals surface area contributed by atoms with Gasteiger partial charge in [-0.2, -0.15) is 10.2 Å². The number of anilines is 2. The minimum Gasteiger partial charge on any atom is -0.489 e. The zero-order valence-electron chi connectivity index (χ0n) is 21.2. The van der Waals surface area contributed by atoms with Crippen LogP contribution >= 0.6 is 0 Å². The fraction of sp³-hybridized carbons (Fsp3) is 0.462. The fourth-order valence-corrected chi connectivity index (χ4v) is 5.18. The summed E-state index contributed by atoms with van der Waals surface area (Å²) >= 11 is 0. The van der Waals surface area contributed by atoms with Gasteiger partial charge in [0.25, 0.3) is 0 Å². The molecule has 2 amide bonds. The molecule has 1 aromatic carbocycles. The lowest BCUT2D eigenvalue weighted by molar-refractivity contribution is 0.159. The van der Waals surface area contributed by atoms with E-state index < -0.39 is 0 Å². The first-order valence-corrected chi connectivity index (χ1v) is 12.4. The summed E-state index contributed by atoms with van der Waals surface area (Å²) in [6.45, 7) is 7.91. The number of rotatable bonds is 6. The first-order valence-electron chi connectivity index (χ1n) is 12.4. The van der Waals surface area contributed by atoms with Crippen LogP contribution in [0.5, 0.6) is 5.75 Å². The third-order valence-corrected chi connectivity index (χ3v) is 6.79. The highest BCUT2D eigenvalue weighted by molar-refractivity contribution is 5.93. The summed E-state index contributed by atoms with van der Waals surface area (Å²) < 4.78 is 22.2. The minimum atomic E-state index is -0.197. The van der Waals surface area contributed by atoms with Gasteiger partial charge in [0.1, 0.15) is 17.3 Å². The number of carbonyl (C=O) groups is 1. The number of carbonyl (C=O) groups excluding carboxylic acids is 1. The Hall–Kier alpha value is -3.69. The molecule has 0 radical (unpaired) electrons. The summed E-state index contributed by atoms with van der Waals surface area (Å²) in [6, 6.07) is 6.89. The molecular weight excluding hydrogens is 461 g/mol. The molecule has 0 bridgehead atoms. The number of piperidine rings is 1. The molecule has 4 heterocycles. The second-order valence-corrected chi connectivity index (χ2v) is 9.78. The van der Waals surface area contributed by atoms with Crippen LogP contribution in [0.3, 0.4) is 0 Å². The highest BCUT2D eigenvalue weighted by Gasteiger charge is 2.38. The molecule has 0 N–H and O–H groups in total. The number of hydrogen-bond acceptors (Lipinski definition) is 6. The molecule has 0 aliphatic carbocycles. The van der Waals surface area contributed by atoms with E-state index in [0.29, 0.717) is 42.6 Å². The quantitative estimate of drug-likeness (QED) is 0.515. The first kappa shape index (κ1) is 24.0. The maximum absolute atomic E-state index is 14.5. The summed E-state index contributed by atoms with van der Waals surface area (Å²) in [5.74, 6) is 1.05. The van der Waals surface area contributed by atoms with Crippen molar-refractivity contribution in [2.75, 3.05) is 22.9 Å². The average Bonchev–Trinajstić information content (AvgIpc) is 3.22. The van der Waals surface area contributed by atoms with E-state index in [2.05, 4.69) is 20.2 Å². The third kappa shape index (κ3) is 4.59. The monoisotopic (exact) mass is 493 g/mol. The van der Waals surface area contributed by atoms with E-state index in [0.717, 1.165) is 24.0 Å². The Labute approximate surface area is 210 Å². The van der Waals surface area contributed by atoms with Gasteiger partial charge in [-0.05, 0) is 45.2 Å². The number of halogens is 1. The van der Waals surface area contributed by atoms with Crippen molar-refractivity contribution in [2.24, 2.45) is 7.05 Å². The predicted octanol–water partition coefficient (Wildman–Crippen LogP) is 4.06. The number of ether oxygens (including phenoxy) is 1. The third-order valence-electron chi connectivity index (χ3n) is 6.79. The molecule has 2 aliphatic rings. The Kier molecular flexibility index (Phi) is 6.51. The van der Waals surface area contributed by atoms with Crippen LogP contribution < -0.4 is 14.5 Å². The summed E-state index contributed by atoms with van der Waals surface area (Å²) in [5.41, 5.74) is 3.16. The van der Waals surface area contributed by atoms with Crippen LogP contribution in [-0.4, -0.2) is 56.1 Å². The van der Waals surface area contributed by atoms with Gasteiger partial charge in [-0.25, -0.2) is 9.18 Å². The van der Waals surface area contributed by atoms with Gasteiger partial charge in [-0.15, -0.1) is 5.10 Å². The number of nitrogens with zero attached hydrogens (tertiary/aromatic N) is 7. The number of para-hydroxylation sites is 1. The largest absolute Gasteiger partial charge is 0.489 e. The number of benzene rings is 1. The number of fused-ring (bicyclic) bond motifs is 1. The molecule has 0 saturated carbocycles. The van der Waals surface area contributed by atoms with Crippen LogP contribution in [0.2, 0.25) is 0 Å². The van der Waals surface area contributed by atoms with E-state index in [-0.39, 0.29) is 30.5 Å². The lowest BCUT2D eigenvalue weighted by atomic mass is 10.00. The summed E-state index contributed by atoms with van der Waals surface area (Å²) in [7, 11) is 1.86. The number of hydrogen-bond donors (Lipinski definition) is 0. The van der Waals surface area contributed by atoms with E-state index >= 15 is 0 Å². The van der Waals surface area contributed by atoms with E-state index in [9.17, 15) is 9.18 Å². The molecule has 2 aliphatic heterocycles. The Morgan fingerprint density at radius 3 is 2.69 bits per heavy atom. The normalized spacial score (nSPS) is 16.6. The Bertz CT molecular complexity index is 1230. The Morgan fingerprint density at radius 1 is 1.19 bits per heavy atom. The zero-order chi connectivity index (χ0) is 25.4. The lowest BCUT2D eigenvalue weighted by Gasteiger charge is -2.43. The molecule has 10 heteroatoms. The second kappa shape index (κ2) is 9.75. The van der Waals surface area contributed by atoms with E-state index in [1.165, 1.54) is 6.07 Å². The van der Waals surface area contributed by atoms with Gasteiger partial charge in [-0.1, -0.05) is 12.1 Å². The lowest BCUT2D eigenvalue weighted by Crippen LogP contribution is -2.54. The van der Waals surface area contributed by atoms with Gasteiger partial charge in [-0.3, -0.25) is 9.58 Å². The first-order chi connectivity index (χ1) is 17.3. The van der Waals surface area contributed by atoms with Crippen molar-refractivity contribution >= 4 is 17.5 Å².